The zero-order chi connectivity index (χ0) is 11.6. The number of primary amides is 1. The summed E-state index contributed by atoms with van der Waals surface area (Å²) in [6, 6.07) is 0.977. The van der Waals surface area contributed by atoms with E-state index >= 15 is 0 Å². The Hall–Kier alpha value is -1.72. The molecule has 0 spiro atoms. The summed E-state index contributed by atoms with van der Waals surface area (Å²) in [6.45, 7) is 1.44. The Morgan fingerprint density at radius 1 is 1.60 bits per heavy atom. The lowest BCUT2D eigenvalue weighted by Crippen LogP contribution is -2.15. The summed E-state index contributed by atoms with van der Waals surface area (Å²) in [4.78, 5) is 14.5. The molecule has 0 saturated heterocycles. The van der Waals surface area contributed by atoms with Crippen molar-refractivity contribution in [3.8, 4) is 5.88 Å². The fourth-order valence-corrected chi connectivity index (χ4v) is 1.16. The van der Waals surface area contributed by atoms with Gasteiger partial charge in [0.25, 0.3) is 12.3 Å². The molecule has 1 amide bonds. The number of nitrogens with two attached hydrogens (primary N) is 1. The lowest BCUT2D eigenvalue weighted by molar-refractivity contribution is 0.0994. The summed E-state index contributed by atoms with van der Waals surface area (Å²) in [6.07, 6.45) is -2.69. The molecule has 2 N–H and O–H groups in total. The second-order valence-corrected chi connectivity index (χ2v) is 2.90. The number of halogens is 2. The third-order valence-corrected chi connectivity index (χ3v) is 1.95. The largest absolute Gasteiger partial charge is 0.481 e. The minimum absolute atomic E-state index is 0.0124. The van der Waals surface area contributed by atoms with E-state index in [1.165, 1.54) is 14.0 Å². The number of carbonyl (C=O) groups is 1. The van der Waals surface area contributed by atoms with Crippen molar-refractivity contribution in [2.24, 2.45) is 5.73 Å². The smallest absolute Gasteiger partial charge is 0.267 e. The van der Waals surface area contributed by atoms with Crippen LogP contribution in [-0.4, -0.2) is 18.0 Å². The average Bonchev–Trinajstić information content (AvgIpc) is 2.17. The van der Waals surface area contributed by atoms with Crippen molar-refractivity contribution in [3.05, 3.63) is 22.9 Å². The minimum Gasteiger partial charge on any atom is -0.481 e. The Balaban J connectivity index is 3.38. The quantitative estimate of drug-likeness (QED) is 0.831. The zero-order valence-electron chi connectivity index (χ0n) is 8.25. The number of nitrogens with zero attached hydrogens (tertiary/aromatic N) is 1. The van der Waals surface area contributed by atoms with Crippen molar-refractivity contribution in [2.75, 3.05) is 7.11 Å². The van der Waals surface area contributed by atoms with Gasteiger partial charge < -0.3 is 10.5 Å². The number of aromatic nitrogens is 1. The molecule has 0 unspecified atom stereocenters. The van der Waals surface area contributed by atoms with Crippen LogP contribution < -0.4 is 10.5 Å². The van der Waals surface area contributed by atoms with Crippen LogP contribution in [0.5, 0.6) is 5.88 Å². The van der Waals surface area contributed by atoms with Gasteiger partial charge in [-0.05, 0) is 13.0 Å². The molecule has 82 valence electrons. The Kier molecular flexibility index (Phi) is 3.18. The molecule has 0 atom stereocenters. The number of alkyl halides is 2. The molecule has 0 aliphatic heterocycles. The highest BCUT2D eigenvalue weighted by atomic mass is 19.3. The highest BCUT2D eigenvalue weighted by Gasteiger charge is 2.18. The van der Waals surface area contributed by atoms with Gasteiger partial charge in [-0.2, -0.15) is 0 Å². The van der Waals surface area contributed by atoms with E-state index in [-0.39, 0.29) is 22.7 Å². The summed E-state index contributed by atoms with van der Waals surface area (Å²) in [5, 5.41) is 0. The number of hydrogen-bond donors (Lipinski definition) is 1. The zero-order valence-corrected chi connectivity index (χ0v) is 8.25. The molecule has 1 aromatic heterocycles. The molecule has 0 fully saturated rings. The first-order valence-electron chi connectivity index (χ1n) is 4.10. The molecule has 4 nitrogen and oxygen atoms in total. The van der Waals surface area contributed by atoms with Gasteiger partial charge in [-0.3, -0.25) is 4.79 Å². The second kappa shape index (κ2) is 4.20. The van der Waals surface area contributed by atoms with Crippen LogP contribution in [0.15, 0.2) is 6.07 Å². The molecular weight excluding hydrogens is 206 g/mol. The summed E-state index contributed by atoms with van der Waals surface area (Å²) in [7, 11) is 1.29. The van der Waals surface area contributed by atoms with Crippen molar-refractivity contribution in [1.29, 1.82) is 0 Å². The van der Waals surface area contributed by atoms with Crippen LogP contribution in [0.1, 0.15) is 28.0 Å². The van der Waals surface area contributed by atoms with Gasteiger partial charge in [-0.25, -0.2) is 13.8 Å². The molecular formula is C9H10F2N2O2. The highest BCUT2D eigenvalue weighted by Crippen LogP contribution is 2.28. The van der Waals surface area contributed by atoms with Crippen LogP contribution in [0.2, 0.25) is 0 Å². The Morgan fingerprint density at radius 2 is 2.20 bits per heavy atom. The van der Waals surface area contributed by atoms with E-state index in [9.17, 15) is 13.6 Å². The van der Waals surface area contributed by atoms with Crippen LogP contribution >= 0.6 is 0 Å². The number of ether oxygens (including phenoxy) is 1. The van der Waals surface area contributed by atoms with Gasteiger partial charge in [0.05, 0.1) is 7.11 Å². The van der Waals surface area contributed by atoms with Crippen LogP contribution in [0.25, 0.3) is 0 Å². The fraction of sp³-hybridized carbons (Fsp3) is 0.333. The van der Waals surface area contributed by atoms with Gasteiger partial charge >= 0.3 is 0 Å². The van der Waals surface area contributed by atoms with E-state index < -0.39 is 12.3 Å². The average molecular weight is 216 g/mol. The van der Waals surface area contributed by atoms with E-state index in [2.05, 4.69) is 4.98 Å². The molecule has 0 aliphatic carbocycles. The summed E-state index contributed by atoms with van der Waals surface area (Å²) < 4.78 is 29.9. The van der Waals surface area contributed by atoms with E-state index in [0.29, 0.717) is 0 Å². The molecule has 15 heavy (non-hydrogen) atoms. The van der Waals surface area contributed by atoms with Crippen molar-refractivity contribution in [2.45, 2.75) is 13.3 Å². The molecule has 0 aliphatic rings. The SMILES string of the molecule is COc1nc(C(N)=O)cc(C(F)F)c1C. The van der Waals surface area contributed by atoms with E-state index in [1.807, 2.05) is 0 Å². The summed E-state index contributed by atoms with van der Waals surface area (Å²) in [5.74, 6) is -0.878. The third-order valence-electron chi connectivity index (χ3n) is 1.95. The van der Waals surface area contributed by atoms with E-state index in [1.54, 1.807) is 0 Å². The first kappa shape index (κ1) is 11.4. The molecule has 1 aromatic rings. The summed E-state index contributed by atoms with van der Waals surface area (Å²) in [5.41, 5.74) is 4.64. The first-order valence-corrected chi connectivity index (χ1v) is 4.10. The number of methoxy groups -OCH3 is 1. The predicted octanol–water partition coefficient (Wildman–Crippen LogP) is 1.44. The minimum atomic E-state index is -2.69. The van der Waals surface area contributed by atoms with E-state index in [4.69, 9.17) is 10.5 Å². The van der Waals surface area contributed by atoms with Crippen LogP contribution in [0.3, 0.4) is 0 Å². The first-order chi connectivity index (χ1) is 6.97. The number of pyridine rings is 1. The predicted molar refractivity (Wildman–Crippen MR) is 49.0 cm³/mol. The van der Waals surface area contributed by atoms with Crippen LogP contribution in [0.4, 0.5) is 8.78 Å². The number of carbonyl (C=O) groups excluding carboxylic acids is 1. The van der Waals surface area contributed by atoms with Gasteiger partial charge in [0, 0.05) is 11.1 Å². The van der Waals surface area contributed by atoms with Crippen LogP contribution in [-0.2, 0) is 0 Å². The number of amides is 1. The lowest BCUT2D eigenvalue weighted by atomic mass is 10.1. The molecule has 1 rings (SSSR count). The molecule has 0 bridgehead atoms. The topological polar surface area (TPSA) is 65.2 Å². The maximum Gasteiger partial charge on any atom is 0.267 e. The maximum atomic E-state index is 12.6. The molecule has 6 heteroatoms. The number of hydrogen-bond acceptors (Lipinski definition) is 3. The van der Waals surface area contributed by atoms with E-state index in [0.717, 1.165) is 6.07 Å². The van der Waals surface area contributed by atoms with Gasteiger partial charge in [-0.1, -0.05) is 0 Å². The maximum absolute atomic E-state index is 12.6. The molecule has 0 aromatic carbocycles. The summed E-state index contributed by atoms with van der Waals surface area (Å²) >= 11 is 0. The second-order valence-electron chi connectivity index (χ2n) is 2.90. The molecule has 0 saturated carbocycles. The molecule has 1 heterocycles. The Bertz CT molecular complexity index is 394. The third kappa shape index (κ3) is 2.20. The van der Waals surface area contributed by atoms with Gasteiger partial charge in [0.2, 0.25) is 5.88 Å². The monoisotopic (exact) mass is 216 g/mol. The van der Waals surface area contributed by atoms with Crippen molar-refractivity contribution in [1.82, 2.24) is 4.98 Å². The van der Waals surface area contributed by atoms with Gasteiger partial charge in [0.15, 0.2) is 0 Å². The highest BCUT2D eigenvalue weighted by molar-refractivity contribution is 5.91. The van der Waals surface area contributed by atoms with Gasteiger partial charge in [0.1, 0.15) is 5.69 Å². The van der Waals surface area contributed by atoms with Crippen molar-refractivity contribution in [3.63, 3.8) is 0 Å². The van der Waals surface area contributed by atoms with Crippen molar-refractivity contribution < 1.29 is 18.3 Å². The Labute approximate surface area is 85.1 Å². The lowest BCUT2D eigenvalue weighted by Gasteiger charge is -2.10. The van der Waals surface area contributed by atoms with Crippen molar-refractivity contribution >= 4 is 5.91 Å². The Morgan fingerprint density at radius 3 is 2.60 bits per heavy atom. The van der Waals surface area contributed by atoms with Crippen LogP contribution in [0, 0.1) is 6.92 Å². The fourth-order valence-electron chi connectivity index (χ4n) is 1.16. The van der Waals surface area contributed by atoms with Gasteiger partial charge in [-0.15, -0.1) is 0 Å². The molecule has 0 radical (unpaired) electrons. The standard InChI is InChI=1S/C9H10F2N2O2/c1-4-5(7(10)11)3-6(8(12)14)13-9(4)15-2/h3,7H,1-2H3,(H2,12,14). The normalized spacial score (nSPS) is 10.5. The number of rotatable bonds is 3.